The monoisotopic (exact) mass is 446 g/mol. The molecule has 0 aliphatic heterocycles. The van der Waals surface area contributed by atoms with Crippen LogP contribution >= 0.6 is 0 Å². The Bertz CT molecular complexity index is 1180. The molecule has 33 heavy (non-hydrogen) atoms. The molecule has 6 nitrogen and oxygen atoms in total. The smallest absolute Gasteiger partial charge is 0.327 e. The lowest BCUT2D eigenvalue weighted by molar-refractivity contribution is -0.142. The van der Waals surface area contributed by atoms with Crippen molar-refractivity contribution >= 4 is 17.8 Å². The molecule has 0 bridgehead atoms. The van der Waals surface area contributed by atoms with Crippen molar-refractivity contribution in [2.45, 2.75) is 31.3 Å². The number of benzene rings is 3. The van der Waals surface area contributed by atoms with E-state index in [2.05, 4.69) is 10.6 Å². The van der Waals surface area contributed by atoms with E-state index in [1.165, 1.54) is 25.1 Å². The molecule has 2 atom stereocenters. The predicted octanol–water partition coefficient (Wildman–Crippen LogP) is 3.25. The summed E-state index contributed by atoms with van der Waals surface area (Å²) in [4.78, 5) is 37.3. The molecule has 0 heterocycles. The number of halogens is 1. The summed E-state index contributed by atoms with van der Waals surface area (Å²) < 4.78 is 14.2. The van der Waals surface area contributed by atoms with Gasteiger partial charge in [0.15, 0.2) is 0 Å². The Morgan fingerprint density at radius 3 is 1.97 bits per heavy atom. The summed E-state index contributed by atoms with van der Waals surface area (Å²) in [5.74, 6) is -3.48. The SMILES string of the molecule is CC(=O)N[C@@H](Cc1ccccc1F)C(=O)N[C@@H](C(=O)O)C1c2ccccc2-c2ccccc21. The Morgan fingerprint density at radius 2 is 1.42 bits per heavy atom. The summed E-state index contributed by atoms with van der Waals surface area (Å²) >= 11 is 0. The van der Waals surface area contributed by atoms with Crippen LogP contribution in [0.25, 0.3) is 11.1 Å². The third kappa shape index (κ3) is 4.48. The highest BCUT2D eigenvalue weighted by molar-refractivity contribution is 5.92. The number of fused-ring (bicyclic) bond motifs is 3. The van der Waals surface area contributed by atoms with Crippen molar-refractivity contribution in [3.8, 4) is 11.1 Å². The summed E-state index contributed by atoms with van der Waals surface area (Å²) in [6.07, 6.45) is -0.109. The van der Waals surface area contributed by atoms with Crippen LogP contribution in [-0.2, 0) is 20.8 Å². The van der Waals surface area contributed by atoms with E-state index in [-0.39, 0.29) is 12.0 Å². The lowest BCUT2D eigenvalue weighted by Crippen LogP contribution is -2.53. The van der Waals surface area contributed by atoms with Crippen LogP contribution in [0.3, 0.4) is 0 Å². The molecule has 0 fully saturated rings. The minimum atomic E-state index is -1.28. The maximum Gasteiger partial charge on any atom is 0.327 e. The van der Waals surface area contributed by atoms with Gasteiger partial charge in [-0.25, -0.2) is 9.18 Å². The predicted molar refractivity (Wildman–Crippen MR) is 121 cm³/mol. The third-order valence-electron chi connectivity index (χ3n) is 5.85. The first kappa shape index (κ1) is 22.2. The summed E-state index contributed by atoms with van der Waals surface area (Å²) in [6, 6.07) is 18.5. The van der Waals surface area contributed by atoms with Gasteiger partial charge in [-0.3, -0.25) is 9.59 Å². The van der Waals surface area contributed by atoms with Crippen molar-refractivity contribution in [1.82, 2.24) is 10.6 Å². The van der Waals surface area contributed by atoms with Crippen LogP contribution in [0.4, 0.5) is 4.39 Å². The molecule has 7 heteroatoms. The van der Waals surface area contributed by atoms with E-state index in [9.17, 15) is 23.9 Å². The van der Waals surface area contributed by atoms with E-state index < -0.39 is 41.6 Å². The second-order valence-electron chi connectivity index (χ2n) is 8.03. The highest BCUT2D eigenvalue weighted by Crippen LogP contribution is 2.46. The average molecular weight is 446 g/mol. The number of amides is 2. The molecule has 0 saturated carbocycles. The van der Waals surface area contributed by atoms with Gasteiger partial charge in [-0.2, -0.15) is 0 Å². The molecule has 0 aromatic heterocycles. The zero-order chi connectivity index (χ0) is 23.5. The zero-order valence-electron chi connectivity index (χ0n) is 17.9. The van der Waals surface area contributed by atoms with Gasteiger partial charge in [0.25, 0.3) is 0 Å². The van der Waals surface area contributed by atoms with Crippen LogP contribution < -0.4 is 10.6 Å². The van der Waals surface area contributed by atoms with Crippen molar-refractivity contribution in [3.63, 3.8) is 0 Å². The number of carbonyl (C=O) groups excluding carboxylic acids is 2. The molecular weight excluding hydrogens is 423 g/mol. The molecule has 4 rings (SSSR count). The van der Waals surface area contributed by atoms with Crippen LogP contribution in [0, 0.1) is 5.82 Å². The average Bonchev–Trinajstić information content (AvgIpc) is 3.12. The molecule has 1 aliphatic rings. The van der Waals surface area contributed by atoms with Crippen LogP contribution in [-0.4, -0.2) is 35.0 Å². The molecule has 3 aromatic rings. The van der Waals surface area contributed by atoms with Gasteiger partial charge >= 0.3 is 5.97 Å². The number of carboxylic acid groups (broad SMARTS) is 1. The van der Waals surface area contributed by atoms with Gasteiger partial charge in [-0.15, -0.1) is 0 Å². The minimum absolute atomic E-state index is 0.109. The highest BCUT2D eigenvalue weighted by Gasteiger charge is 2.39. The molecule has 2 amide bonds. The van der Waals surface area contributed by atoms with Crippen molar-refractivity contribution in [2.24, 2.45) is 0 Å². The molecule has 3 N–H and O–H groups in total. The first-order valence-electron chi connectivity index (χ1n) is 10.6. The Labute approximate surface area is 190 Å². The van der Waals surface area contributed by atoms with E-state index >= 15 is 0 Å². The maximum absolute atomic E-state index is 14.2. The lowest BCUT2D eigenvalue weighted by Gasteiger charge is -2.26. The number of hydrogen-bond donors (Lipinski definition) is 3. The van der Waals surface area contributed by atoms with Gasteiger partial charge in [-0.1, -0.05) is 66.7 Å². The molecule has 3 aromatic carbocycles. The Kier molecular flexibility index (Phi) is 6.22. The molecule has 0 spiro atoms. The van der Waals surface area contributed by atoms with Crippen LogP contribution in [0.1, 0.15) is 29.5 Å². The minimum Gasteiger partial charge on any atom is -0.480 e. The fraction of sp³-hybridized carbons (Fsp3) is 0.192. The van der Waals surface area contributed by atoms with Gasteiger partial charge in [0, 0.05) is 19.3 Å². The fourth-order valence-electron chi connectivity index (χ4n) is 4.43. The number of nitrogens with one attached hydrogen (secondary N) is 2. The second-order valence-corrected chi connectivity index (χ2v) is 8.03. The van der Waals surface area contributed by atoms with Gasteiger partial charge in [-0.05, 0) is 33.9 Å². The summed E-state index contributed by atoms with van der Waals surface area (Å²) in [6.45, 7) is 1.25. The summed E-state index contributed by atoms with van der Waals surface area (Å²) in [7, 11) is 0. The van der Waals surface area contributed by atoms with Crippen LogP contribution in [0.5, 0.6) is 0 Å². The number of rotatable bonds is 7. The van der Waals surface area contributed by atoms with Crippen molar-refractivity contribution < 1.29 is 23.9 Å². The Balaban J connectivity index is 1.66. The standard InChI is InChI=1S/C26H23FN2O4/c1-15(30)28-22(14-16-8-2-7-13-21(16)27)25(31)29-24(26(32)33)23-19-11-5-3-9-17(19)18-10-4-6-12-20(18)23/h2-13,22-24H,14H2,1H3,(H,28,30)(H,29,31)(H,32,33)/t22-,24+/m0/s1. The highest BCUT2D eigenvalue weighted by atomic mass is 19.1. The summed E-state index contributed by atoms with van der Waals surface area (Å²) in [5, 5.41) is 15.2. The molecule has 168 valence electrons. The van der Waals surface area contributed by atoms with Crippen LogP contribution in [0.15, 0.2) is 72.8 Å². The van der Waals surface area contributed by atoms with E-state index in [1.54, 1.807) is 6.07 Å². The Morgan fingerprint density at radius 1 is 0.879 bits per heavy atom. The van der Waals surface area contributed by atoms with E-state index in [0.29, 0.717) is 0 Å². The van der Waals surface area contributed by atoms with E-state index in [1.807, 2.05) is 48.5 Å². The topological polar surface area (TPSA) is 95.5 Å². The number of hydrogen-bond acceptors (Lipinski definition) is 3. The molecule has 0 unspecified atom stereocenters. The maximum atomic E-state index is 14.2. The largest absolute Gasteiger partial charge is 0.480 e. The third-order valence-corrected chi connectivity index (χ3v) is 5.85. The molecular formula is C26H23FN2O4. The van der Waals surface area contributed by atoms with Gasteiger partial charge in [0.2, 0.25) is 11.8 Å². The first-order valence-corrected chi connectivity index (χ1v) is 10.6. The summed E-state index contributed by atoms with van der Waals surface area (Å²) in [5.41, 5.74) is 3.69. The van der Waals surface area contributed by atoms with Gasteiger partial charge < -0.3 is 15.7 Å². The van der Waals surface area contributed by atoms with Crippen molar-refractivity contribution in [1.29, 1.82) is 0 Å². The molecule has 0 radical (unpaired) electrons. The van der Waals surface area contributed by atoms with E-state index in [4.69, 9.17) is 0 Å². The normalized spacial score (nSPS) is 14.0. The number of aliphatic carboxylic acids is 1. The lowest BCUT2D eigenvalue weighted by atomic mass is 9.89. The fourth-order valence-corrected chi connectivity index (χ4v) is 4.43. The van der Waals surface area contributed by atoms with Crippen molar-refractivity contribution in [2.75, 3.05) is 0 Å². The molecule has 1 aliphatic carbocycles. The van der Waals surface area contributed by atoms with Crippen molar-refractivity contribution in [3.05, 3.63) is 95.3 Å². The molecule has 0 saturated heterocycles. The number of carbonyl (C=O) groups is 3. The van der Waals surface area contributed by atoms with Gasteiger partial charge in [0.1, 0.15) is 17.9 Å². The quantitative estimate of drug-likeness (QED) is 0.519. The zero-order valence-corrected chi connectivity index (χ0v) is 17.9. The number of carboxylic acids is 1. The second kappa shape index (κ2) is 9.24. The van der Waals surface area contributed by atoms with Gasteiger partial charge in [0.05, 0.1) is 0 Å². The van der Waals surface area contributed by atoms with Crippen LogP contribution in [0.2, 0.25) is 0 Å². The van der Waals surface area contributed by atoms with E-state index in [0.717, 1.165) is 22.3 Å². The first-order chi connectivity index (χ1) is 15.9. The Hall–Kier alpha value is -4.00.